The molecule has 2 aromatic rings. The number of benzene rings is 1. The molecule has 2 heterocycles. The van der Waals surface area contributed by atoms with Gasteiger partial charge < -0.3 is 24.4 Å². The molecule has 0 bridgehead atoms. The van der Waals surface area contributed by atoms with E-state index in [1.54, 1.807) is 30.1 Å². The maximum Gasteiger partial charge on any atom is 0.289 e. The Morgan fingerprint density at radius 1 is 1.16 bits per heavy atom. The van der Waals surface area contributed by atoms with Gasteiger partial charge >= 0.3 is 0 Å². The summed E-state index contributed by atoms with van der Waals surface area (Å²) in [6, 6.07) is 8.75. The number of carbonyl (C=O) groups is 1. The van der Waals surface area contributed by atoms with Crippen LogP contribution >= 0.6 is 24.0 Å². The number of hydrogen-bond donors (Lipinski definition) is 1. The summed E-state index contributed by atoms with van der Waals surface area (Å²) in [6.07, 6.45) is 1.51. The molecule has 3 rings (SSSR count). The van der Waals surface area contributed by atoms with E-state index in [0.717, 1.165) is 24.6 Å². The number of hydrogen-bond acceptors (Lipinski definition) is 4. The lowest BCUT2D eigenvalue weighted by Gasteiger charge is -2.36. The Balaban J connectivity index is 0.00000341. The number of nitrogens with one attached hydrogen (secondary N) is 1. The normalized spacial score (nSPS) is 14.3. The Hall–Kier alpha value is -2.30. The molecule has 1 aromatic carbocycles. The first-order valence-corrected chi connectivity index (χ1v) is 10.4. The van der Waals surface area contributed by atoms with Crippen LogP contribution in [0.2, 0.25) is 0 Å². The van der Waals surface area contributed by atoms with E-state index in [0.29, 0.717) is 44.2 Å². The maximum atomic E-state index is 14.5. The van der Waals surface area contributed by atoms with Gasteiger partial charge in [-0.05, 0) is 43.7 Å². The number of furan rings is 1. The van der Waals surface area contributed by atoms with Gasteiger partial charge in [0.15, 0.2) is 11.7 Å². The number of amides is 1. The molecule has 1 N–H and O–H groups in total. The summed E-state index contributed by atoms with van der Waals surface area (Å²) in [4.78, 5) is 22.6. The molecular weight excluding hydrogens is 512 g/mol. The van der Waals surface area contributed by atoms with E-state index >= 15 is 0 Å². The lowest BCUT2D eigenvalue weighted by Crippen LogP contribution is -2.53. The van der Waals surface area contributed by atoms with E-state index in [4.69, 9.17) is 4.42 Å². The van der Waals surface area contributed by atoms with Crippen LogP contribution in [-0.2, 0) is 6.54 Å². The van der Waals surface area contributed by atoms with Crippen molar-refractivity contribution in [3.8, 4) is 0 Å². The predicted octanol–water partition coefficient (Wildman–Crippen LogP) is 3.42. The highest BCUT2D eigenvalue weighted by Crippen LogP contribution is 2.20. The van der Waals surface area contributed by atoms with Gasteiger partial charge in [0.25, 0.3) is 5.91 Å². The SMILES string of the molecule is CCN(CC)c1ccc(CNC(=NC)N2CCN(C(=O)c3ccco3)CC2)cc1F.I. The van der Waals surface area contributed by atoms with Crippen molar-refractivity contribution in [1.29, 1.82) is 0 Å². The maximum absolute atomic E-state index is 14.5. The van der Waals surface area contributed by atoms with Gasteiger partial charge in [-0.1, -0.05) is 6.07 Å². The van der Waals surface area contributed by atoms with E-state index in [-0.39, 0.29) is 35.7 Å². The number of rotatable bonds is 6. The van der Waals surface area contributed by atoms with Gasteiger partial charge in [0.1, 0.15) is 5.82 Å². The zero-order valence-corrected chi connectivity index (χ0v) is 20.6. The Kier molecular flexibility index (Phi) is 9.60. The number of aliphatic imine (C=N–C) groups is 1. The summed E-state index contributed by atoms with van der Waals surface area (Å²) in [5.74, 6) is 0.805. The van der Waals surface area contributed by atoms with Crippen molar-refractivity contribution in [3.63, 3.8) is 0 Å². The predicted molar refractivity (Wildman–Crippen MR) is 132 cm³/mol. The minimum absolute atomic E-state index is 0. The van der Waals surface area contributed by atoms with Crippen molar-refractivity contribution < 1.29 is 13.6 Å². The average Bonchev–Trinajstić information content (AvgIpc) is 3.31. The molecule has 31 heavy (non-hydrogen) atoms. The lowest BCUT2D eigenvalue weighted by atomic mass is 10.1. The lowest BCUT2D eigenvalue weighted by molar-refractivity contribution is 0.0657. The van der Waals surface area contributed by atoms with Crippen molar-refractivity contribution in [2.24, 2.45) is 4.99 Å². The Morgan fingerprint density at radius 3 is 2.39 bits per heavy atom. The monoisotopic (exact) mass is 543 g/mol. The number of carbonyl (C=O) groups excluding carboxylic acids is 1. The van der Waals surface area contributed by atoms with E-state index in [9.17, 15) is 9.18 Å². The van der Waals surface area contributed by atoms with Crippen LogP contribution in [0.15, 0.2) is 46.0 Å². The summed E-state index contributed by atoms with van der Waals surface area (Å²) in [6.45, 7) is 8.57. The zero-order valence-electron chi connectivity index (χ0n) is 18.3. The molecule has 1 amide bonds. The highest BCUT2D eigenvalue weighted by atomic mass is 127. The summed E-state index contributed by atoms with van der Waals surface area (Å²) in [5, 5.41) is 3.30. The second-order valence-corrected chi connectivity index (χ2v) is 7.12. The van der Waals surface area contributed by atoms with Crippen LogP contribution in [0.4, 0.5) is 10.1 Å². The topological polar surface area (TPSA) is 64.3 Å². The third-order valence-electron chi connectivity index (χ3n) is 5.38. The molecule has 1 aliphatic heterocycles. The molecule has 0 saturated carbocycles. The van der Waals surface area contributed by atoms with Crippen LogP contribution in [0.3, 0.4) is 0 Å². The van der Waals surface area contributed by atoms with Crippen LogP contribution in [0.1, 0.15) is 30.0 Å². The van der Waals surface area contributed by atoms with Crippen molar-refractivity contribution in [1.82, 2.24) is 15.1 Å². The molecule has 1 aromatic heterocycles. The molecule has 0 spiro atoms. The second-order valence-electron chi connectivity index (χ2n) is 7.12. The summed E-state index contributed by atoms with van der Waals surface area (Å²) >= 11 is 0. The van der Waals surface area contributed by atoms with Gasteiger partial charge in [-0.25, -0.2) is 4.39 Å². The van der Waals surface area contributed by atoms with Gasteiger partial charge in [-0.2, -0.15) is 0 Å². The molecule has 0 unspecified atom stereocenters. The third kappa shape index (κ3) is 6.11. The number of halogens is 2. The smallest absolute Gasteiger partial charge is 0.289 e. The van der Waals surface area contributed by atoms with Crippen LogP contribution in [0.25, 0.3) is 0 Å². The second kappa shape index (κ2) is 11.9. The summed E-state index contributed by atoms with van der Waals surface area (Å²) in [7, 11) is 1.73. The van der Waals surface area contributed by atoms with Gasteiger partial charge in [0, 0.05) is 52.9 Å². The Bertz CT molecular complexity index is 863. The quantitative estimate of drug-likeness (QED) is 0.344. The fourth-order valence-electron chi connectivity index (χ4n) is 3.67. The van der Waals surface area contributed by atoms with Gasteiger partial charge in [0.2, 0.25) is 0 Å². The number of anilines is 1. The van der Waals surface area contributed by atoms with E-state index in [1.165, 1.54) is 6.26 Å². The summed E-state index contributed by atoms with van der Waals surface area (Å²) < 4.78 is 19.7. The molecule has 0 radical (unpaired) electrons. The van der Waals surface area contributed by atoms with Crippen molar-refractivity contribution in [2.75, 3.05) is 51.2 Å². The highest BCUT2D eigenvalue weighted by molar-refractivity contribution is 14.0. The molecule has 170 valence electrons. The zero-order chi connectivity index (χ0) is 21.5. The number of nitrogens with zero attached hydrogens (tertiary/aromatic N) is 4. The first-order valence-electron chi connectivity index (χ1n) is 10.4. The fraction of sp³-hybridized carbons (Fsp3) is 0.455. The standard InChI is InChI=1S/C22H30FN5O2.HI/c1-4-26(5-2)19-9-8-17(15-18(19)23)16-25-22(24-3)28-12-10-27(11-13-28)21(29)20-7-6-14-30-20;/h6-9,14-15H,4-5,10-13,16H2,1-3H3,(H,24,25);1H. The number of guanidine groups is 1. The van der Waals surface area contributed by atoms with Crippen molar-refractivity contribution in [2.45, 2.75) is 20.4 Å². The van der Waals surface area contributed by atoms with Crippen LogP contribution in [-0.4, -0.2) is 68.0 Å². The van der Waals surface area contributed by atoms with Crippen LogP contribution < -0.4 is 10.2 Å². The first kappa shape index (κ1) is 25.0. The van der Waals surface area contributed by atoms with E-state index < -0.39 is 0 Å². The molecular formula is C22H31FIN5O2. The van der Waals surface area contributed by atoms with Gasteiger partial charge in [0.05, 0.1) is 12.0 Å². The van der Waals surface area contributed by atoms with Crippen molar-refractivity contribution in [3.05, 3.63) is 53.7 Å². The van der Waals surface area contributed by atoms with E-state index in [2.05, 4.69) is 15.2 Å². The molecule has 9 heteroatoms. The Morgan fingerprint density at radius 2 is 1.84 bits per heavy atom. The first-order chi connectivity index (χ1) is 14.6. The number of piperazine rings is 1. The van der Waals surface area contributed by atoms with Gasteiger partial charge in [-0.15, -0.1) is 24.0 Å². The molecule has 0 atom stereocenters. The highest BCUT2D eigenvalue weighted by Gasteiger charge is 2.25. The molecule has 0 aliphatic carbocycles. The summed E-state index contributed by atoms with van der Waals surface area (Å²) in [5.41, 5.74) is 1.49. The third-order valence-corrected chi connectivity index (χ3v) is 5.38. The molecule has 1 saturated heterocycles. The van der Waals surface area contributed by atoms with Crippen LogP contribution in [0, 0.1) is 5.82 Å². The largest absolute Gasteiger partial charge is 0.459 e. The van der Waals surface area contributed by atoms with Crippen LogP contribution in [0.5, 0.6) is 0 Å². The minimum Gasteiger partial charge on any atom is -0.459 e. The van der Waals surface area contributed by atoms with E-state index in [1.807, 2.05) is 30.9 Å². The molecule has 7 nitrogen and oxygen atoms in total. The molecule has 1 aliphatic rings. The van der Waals surface area contributed by atoms with Gasteiger partial charge in [-0.3, -0.25) is 9.79 Å². The Labute approximate surface area is 200 Å². The minimum atomic E-state index is -0.210. The molecule has 1 fully saturated rings. The van der Waals surface area contributed by atoms with Crippen molar-refractivity contribution >= 4 is 41.5 Å². The average molecular weight is 543 g/mol. The fourth-order valence-corrected chi connectivity index (χ4v) is 3.67.